The van der Waals surface area contributed by atoms with E-state index in [4.69, 9.17) is 9.47 Å². The summed E-state index contributed by atoms with van der Waals surface area (Å²) in [4.78, 5) is 9.10. The molecule has 1 aliphatic rings. The fourth-order valence-corrected chi connectivity index (χ4v) is 5.59. The summed E-state index contributed by atoms with van der Waals surface area (Å²) in [6, 6.07) is 15.7. The Bertz CT molecular complexity index is 1380. The summed E-state index contributed by atoms with van der Waals surface area (Å²) in [7, 11) is -1.13. The summed E-state index contributed by atoms with van der Waals surface area (Å²) in [6.45, 7) is 8.86. The minimum absolute atomic E-state index is 0.113. The van der Waals surface area contributed by atoms with Crippen LogP contribution in [0.3, 0.4) is 0 Å². The van der Waals surface area contributed by atoms with Crippen LogP contribution in [-0.2, 0) is 28.4 Å². The molecule has 0 aliphatic heterocycles. The van der Waals surface area contributed by atoms with Crippen molar-refractivity contribution in [3.63, 3.8) is 0 Å². The van der Waals surface area contributed by atoms with Crippen LogP contribution in [0.5, 0.6) is 0 Å². The number of nitriles is 1. The van der Waals surface area contributed by atoms with Crippen molar-refractivity contribution >= 4 is 19.1 Å². The van der Waals surface area contributed by atoms with E-state index in [1.165, 1.54) is 0 Å². The first-order chi connectivity index (χ1) is 17.9. The van der Waals surface area contributed by atoms with Gasteiger partial charge in [0.25, 0.3) is 0 Å². The molecule has 3 heterocycles. The third-order valence-electron chi connectivity index (χ3n) is 7.08. The molecule has 4 aromatic rings. The van der Waals surface area contributed by atoms with Crippen LogP contribution in [0.2, 0.25) is 25.7 Å². The number of rotatable bonds is 11. The van der Waals surface area contributed by atoms with E-state index in [1.54, 1.807) is 6.33 Å². The highest BCUT2D eigenvalue weighted by molar-refractivity contribution is 6.76. The van der Waals surface area contributed by atoms with Gasteiger partial charge < -0.3 is 14.0 Å². The Morgan fingerprint density at radius 2 is 1.95 bits per heavy atom. The zero-order valence-corrected chi connectivity index (χ0v) is 22.8. The molecule has 8 nitrogen and oxygen atoms in total. The van der Waals surface area contributed by atoms with E-state index in [0.717, 1.165) is 53.3 Å². The van der Waals surface area contributed by atoms with Gasteiger partial charge in [-0.15, -0.1) is 0 Å². The fraction of sp³-hybridized carbons (Fsp3) is 0.429. The second-order valence-corrected chi connectivity index (χ2v) is 16.8. The molecule has 9 heteroatoms. The molecule has 37 heavy (non-hydrogen) atoms. The topological polar surface area (TPSA) is 90.8 Å². The fourth-order valence-electron chi connectivity index (χ4n) is 4.84. The maximum Gasteiger partial charge on any atom is 0.145 e. The lowest BCUT2D eigenvalue weighted by molar-refractivity contribution is -0.0838. The highest BCUT2D eigenvalue weighted by Crippen LogP contribution is 2.44. The van der Waals surface area contributed by atoms with Gasteiger partial charge in [0.1, 0.15) is 18.7 Å². The van der Waals surface area contributed by atoms with Gasteiger partial charge in [0, 0.05) is 50.9 Å². The Morgan fingerprint density at radius 3 is 2.70 bits per heavy atom. The first-order valence-corrected chi connectivity index (χ1v) is 16.5. The van der Waals surface area contributed by atoms with Crippen molar-refractivity contribution in [1.29, 1.82) is 5.26 Å². The van der Waals surface area contributed by atoms with Gasteiger partial charge in [-0.2, -0.15) is 10.4 Å². The number of fused-ring (bicyclic) bond motifs is 1. The van der Waals surface area contributed by atoms with Crippen molar-refractivity contribution in [2.75, 3.05) is 6.61 Å². The maximum atomic E-state index is 9.56. The molecule has 1 aromatic carbocycles. The van der Waals surface area contributed by atoms with E-state index in [0.29, 0.717) is 19.8 Å². The lowest BCUT2D eigenvalue weighted by Crippen LogP contribution is -2.50. The molecule has 192 valence electrons. The predicted octanol–water partition coefficient (Wildman–Crippen LogP) is 5.60. The summed E-state index contributed by atoms with van der Waals surface area (Å²) < 4.78 is 16.0. The molecule has 3 aromatic heterocycles. The number of hydrogen-bond acceptors (Lipinski definition) is 6. The van der Waals surface area contributed by atoms with E-state index in [1.807, 2.05) is 52.1 Å². The van der Waals surface area contributed by atoms with Crippen molar-refractivity contribution in [3.8, 4) is 17.3 Å². The van der Waals surface area contributed by atoms with Crippen LogP contribution >= 0.6 is 0 Å². The van der Waals surface area contributed by atoms with Crippen LogP contribution in [0.1, 0.15) is 24.8 Å². The molecule has 0 N–H and O–H groups in total. The molecule has 1 saturated carbocycles. The smallest absolute Gasteiger partial charge is 0.145 e. The number of nitrogens with zero attached hydrogens (tertiary/aromatic N) is 6. The molecule has 0 amide bonds. The van der Waals surface area contributed by atoms with Crippen molar-refractivity contribution in [3.05, 3.63) is 66.9 Å². The molecule has 0 unspecified atom stereocenters. The van der Waals surface area contributed by atoms with Crippen LogP contribution in [-0.4, -0.2) is 45.1 Å². The molecule has 0 saturated heterocycles. The van der Waals surface area contributed by atoms with Crippen LogP contribution in [0.4, 0.5) is 0 Å². The average molecular weight is 515 g/mol. The third kappa shape index (κ3) is 5.67. The van der Waals surface area contributed by atoms with E-state index in [-0.39, 0.29) is 11.6 Å². The first-order valence-electron chi connectivity index (χ1n) is 12.8. The Kier molecular flexibility index (Phi) is 7.24. The van der Waals surface area contributed by atoms with Gasteiger partial charge in [-0.25, -0.2) is 9.97 Å². The average Bonchev–Trinajstić information content (AvgIpc) is 3.51. The van der Waals surface area contributed by atoms with Gasteiger partial charge in [0.05, 0.1) is 42.6 Å². The number of benzene rings is 1. The van der Waals surface area contributed by atoms with Crippen LogP contribution in [0.15, 0.2) is 61.3 Å². The summed E-state index contributed by atoms with van der Waals surface area (Å²) in [5, 5.41) is 15.2. The molecule has 5 rings (SSSR count). The normalized spacial score (nSPS) is 19.6. The number of hydrogen-bond donors (Lipinski definition) is 0. The predicted molar refractivity (Wildman–Crippen MR) is 145 cm³/mol. The Morgan fingerprint density at radius 1 is 1.14 bits per heavy atom. The van der Waals surface area contributed by atoms with Gasteiger partial charge in [0.15, 0.2) is 0 Å². The van der Waals surface area contributed by atoms with Gasteiger partial charge in [-0.1, -0.05) is 50.0 Å². The van der Waals surface area contributed by atoms with Crippen molar-refractivity contribution in [1.82, 2.24) is 24.3 Å². The van der Waals surface area contributed by atoms with Crippen LogP contribution in [0, 0.1) is 11.3 Å². The summed E-state index contributed by atoms with van der Waals surface area (Å²) >= 11 is 0. The van der Waals surface area contributed by atoms with Crippen molar-refractivity contribution < 1.29 is 9.47 Å². The molecule has 1 fully saturated rings. The Balaban J connectivity index is 1.28. The molecule has 0 bridgehead atoms. The van der Waals surface area contributed by atoms with Crippen molar-refractivity contribution in [2.45, 2.75) is 69.9 Å². The lowest BCUT2D eigenvalue weighted by Gasteiger charge is -2.46. The quantitative estimate of drug-likeness (QED) is 0.191. The van der Waals surface area contributed by atoms with Crippen LogP contribution < -0.4 is 0 Å². The third-order valence-corrected chi connectivity index (χ3v) is 8.78. The minimum Gasteiger partial charge on any atom is -0.373 e. The monoisotopic (exact) mass is 514 g/mol. The van der Waals surface area contributed by atoms with Gasteiger partial charge >= 0.3 is 0 Å². The van der Waals surface area contributed by atoms with Gasteiger partial charge in [0.2, 0.25) is 0 Å². The molecule has 1 aliphatic carbocycles. The molecule has 0 spiro atoms. The first kappa shape index (κ1) is 25.3. The second kappa shape index (κ2) is 10.6. The van der Waals surface area contributed by atoms with Gasteiger partial charge in [-0.05, 0) is 17.7 Å². The summed E-state index contributed by atoms with van der Waals surface area (Å²) in [5.41, 5.74) is 3.39. The Labute approximate surface area is 218 Å². The Hall–Kier alpha value is -3.32. The maximum absolute atomic E-state index is 9.56. The summed E-state index contributed by atoms with van der Waals surface area (Å²) in [5.74, 6) is 0. The molecule has 0 atom stereocenters. The highest BCUT2D eigenvalue weighted by atomic mass is 28.3. The lowest BCUT2D eigenvalue weighted by atomic mass is 9.72. The van der Waals surface area contributed by atoms with E-state index >= 15 is 0 Å². The van der Waals surface area contributed by atoms with Crippen LogP contribution in [0.25, 0.3) is 22.3 Å². The summed E-state index contributed by atoms with van der Waals surface area (Å²) in [6.07, 6.45) is 9.47. The minimum atomic E-state index is -1.13. The van der Waals surface area contributed by atoms with Crippen molar-refractivity contribution in [2.24, 2.45) is 0 Å². The SMILES string of the molecule is C[Si](C)(C)CCOCn1ccc2c(-c3cnn(C4(CC#N)CC(OCc5ccccc5)C4)c3)ncnc21. The second-order valence-electron chi connectivity index (χ2n) is 11.2. The molecular formula is C28H34N6O2Si. The number of ether oxygens (including phenoxy) is 2. The zero-order valence-electron chi connectivity index (χ0n) is 21.8. The number of aromatic nitrogens is 5. The highest BCUT2D eigenvalue weighted by Gasteiger charge is 2.47. The van der Waals surface area contributed by atoms with E-state index < -0.39 is 8.07 Å². The molecular weight excluding hydrogens is 480 g/mol. The zero-order chi connectivity index (χ0) is 25.9. The van der Waals surface area contributed by atoms with E-state index in [2.05, 4.69) is 52.9 Å². The largest absolute Gasteiger partial charge is 0.373 e. The standard InChI is InChI=1S/C28H34N6O2Si/c1-37(2,3)14-13-35-21-33-12-9-25-26(30-20-31-27(25)33)23-17-32-34(18-23)28(10-11-29)15-24(16-28)36-19-22-7-5-4-6-8-22/h4-9,12,17-18,20,24H,10,13-16,19,21H2,1-3H3. The molecule has 0 radical (unpaired) electrons. The van der Waals surface area contributed by atoms with Gasteiger partial charge in [-0.3, -0.25) is 4.68 Å². The van der Waals surface area contributed by atoms with E-state index in [9.17, 15) is 5.26 Å².